The second-order valence-corrected chi connectivity index (χ2v) is 5.96. The van der Waals surface area contributed by atoms with Gasteiger partial charge in [-0.2, -0.15) is 0 Å². The SMILES string of the molecule is Cc1ccc(C(C)(C)CNC(=O)C(C)O)c(C)c1C. The molecule has 0 aliphatic rings. The molecule has 1 rings (SSSR count). The van der Waals surface area contributed by atoms with Gasteiger partial charge in [-0.1, -0.05) is 26.0 Å². The Bertz CT molecular complexity index is 476. The van der Waals surface area contributed by atoms with Gasteiger partial charge in [0.2, 0.25) is 5.91 Å². The number of nitrogens with one attached hydrogen (secondary N) is 1. The maximum atomic E-state index is 11.5. The normalized spacial score (nSPS) is 13.2. The van der Waals surface area contributed by atoms with Crippen LogP contribution in [-0.2, 0) is 10.2 Å². The van der Waals surface area contributed by atoms with Crippen molar-refractivity contribution in [3.05, 3.63) is 34.4 Å². The van der Waals surface area contributed by atoms with Gasteiger partial charge >= 0.3 is 0 Å². The molecule has 0 bridgehead atoms. The lowest BCUT2D eigenvalue weighted by molar-refractivity contribution is -0.128. The third kappa shape index (κ3) is 3.57. The fourth-order valence-corrected chi connectivity index (χ4v) is 2.24. The standard InChI is InChI=1S/C16H25NO2/c1-10-7-8-14(12(3)11(10)2)16(5,6)9-17-15(19)13(4)18/h7-8,13,18H,9H2,1-6H3,(H,17,19). The summed E-state index contributed by atoms with van der Waals surface area (Å²) in [6.07, 6.45) is -0.961. The van der Waals surface area contributed by atoms with Crippen LogP contribution in [0.1, 0.15) is 43.0 Å². The number of benzene rings is 1. The molecule has 3 nitrogen and oxygen atoms in total. The first kappa shape index (κ1) is 15.7. The number of carbonyl (C=O) groups is 1. The van der Waals surface area contributed by atoms with Gasteiger partial charge in [0.25, 0.3) is 0 Å². The molecule has 0 radical (unpaired) electrons. The van der Waals surface area contributed by atoms with E-state index in [1.807, 2.05) is 0 Å². The maximum absolute atomic E-state index is 11.5. The fraction of sp³-hybridized carbons (Fsp3) is 0.562. The number of aliphatic hydroxyl groups excluding tert-OH is 1. The quantitative estimate of drug-likeness (QED) is 0.876. The Hall–Kier alpha value is -1.35. The molecule has 0 heterocycles. The number of amides is 1. The zero-order valence-electron chi connectivity index (χ0n) is 12.8. The van der Waals surface area contributed by atoms with E-state index >= 15 is 0 Å². The Morgan fingerprint density at radius 3 is 2.37 bits per heavy atom. The number of carbonyl (C=O) groups excluding carboxylic acids is 1. The van der Waals surface area contributed by atoms with E-state index in [0.717, 1.165) is 0 Å². The van der Waals surface area contributed by atoms with Crippen molar-refractivity contribution in [3.8, 4) is 0 Å². The largest absolute Gasteiger partial charge is 0.384 e. The van der Waals surface area contributed by atoms with Crippen molar-refractivity contribution in [1.29, 1.82) is 0 Å². The van der Waals surface area contributed by atoms with Crippen LogP contribution in [0, 0.1) is 20.8 Å². The molecule has 0 aliphatic heterocycles. The minimum Gasteiger partial charge on any atom is -0.384 e. The Kier molecular flexibility index (Phi) is 4.75. The van der Waals surface area contributed by atoms with Crippen LogP contribution >= 0.6 is 0 Å². The van der Waals surface area contributed by atoms with Crippen molar-refractivity contribution < 1.29 is 9.90 Å². The topological polar surface area (TPSA) is 49.3 Å². The van der Waals surface area contributed by atoms with Gasteiger partial charge < -0.3 is 10.4 Å². The smallest absolute Gasteiger partial charge is 0.248 e. The first-order valence-electron chi connectivity index (χ1n) is 6.70. The van der Waals surface area contributed by atoms with E-state index in [9.17, 15) is 9.90 Å². The van der Waals surface area contributed by atoms with Gasteiger partial charge in [0.05, 0.1) is 0 Å². The van der Waals surface area contributed by atoms with Gasteiger partial charge in [-0.25, -0.2) is 0 Å². The highest BCUT2D eigenvalue weighted by Crippen LogP contribution is 2.28. The van der Waals surface area contributed by atoms with Gasteiger partial charge in [0.15, 0.2) is 0 Å². The lowest BCUT2D eigenvalue weighted by Gasteiger charge is -2.29. The van der Waals surface area contributed by atoms with Crippen molar-refractivity contribution in [2.24, 2.45) is 0 Å². The number of hydrogen-bond acceptors (Lipinski definition) is 2. The summed E-state index contributed by atoms with van der Waals surface area (Å²) in [5, 5.41) is 12.0. The van der Waals surface area contributed by atoms with Crippen LogP contribution < -0.4 is 5.32 Å². The van der Waals surface area contributed by atoms with Crippen LogP contribution in [-0.4, -0.2) is 23.7 Å². The van der Waals surface area contributed by atoms with Gasteiger partial charge in [0, 0.05) is 12.0 Å². The minimum atomic E-state index is -0.961. The molecule has 106 valence electrons. The van der Waals surface area contributed by atoms with Crippen molar-refractivity contribution in [2.45, 2.75) is 53.1 Å². The van der Waals surface area contributed by atoms with Crippen LogP contribution in [0.4, 0.5) is 0 Å². The molecular formula is C16H25NO2. The van der Waals surface area contributed by atoms with Crippen LogP contribution in [0.25, 0.3) is 0 Å². The first-order chi connectivity index (χ1) is 8.66. The molecule has 1 unspecified atom stereocenters. The van der Waals surface area contributed by atoms with Crippen LogP contribution in [0.3, 0.4) is 0 Å². The molecule has 0 fully saturated rings. The molecule has 0 saturated carbocycles. The predicted octanol–water partition coefficient (Wildman–Crippen LogP) is 2.39. The fourth-order valence-electron chi connectivity index (χ4n) is 2.24. The lowest BCUT2D eigenvalue weighted by atomic mass is 9.80. The third-order valence-corrected chi connectivity index (χ3v) is 3.87. The molecule has 1 aromatic carbocycles. The number of rotatable bonds is 4. The number of aliphatic hydroxyl groups is 1. The summed E-state index contributed by atoms with van der Waals surface area (Å²) in [5.74, 6) is -0.324. The average molecular weight is 263 g/mol. The summed E-state index contributed by atoms with van der Waals surface area (Å²) >= 11 is 0. The monoisotopic (exact) mass is 263 g/mol. The lowest BCUT2D eigenvalue weighted by Crippen LogP contribution is -2.41. The van der Waals surface area contributed by atoms with Crippen LogP contribution in [0.5, 0.6) is 0 Å². The Morgan fingerprint density at radius 2 is 1.84 bits per heavy atom. The zero-order chi connectivity index (χ0) is 14.8. The molecule has 1 aromatic rings. The predicted molar refractivity (Wildman–Crippen MR) is 78.4 cm³/mol. The Morgan fingerprint density at radius 1 is 1.26 bits per heavy atom. The van der Waals surface area contributed by atoms with Crippen molar-refractivity contribution in [1.82, 2.24) is 5.32 Å². The molecule has 1 atom stereocenters. The van der Waals surface area contributed by atoms with Gasteiger partial charge in [-0.3, -0.25) is 4.79 Å². The van der Waals surface area contributed by atoms with Gasteiger partial charge in [0.1, 0.15) is 6.10 Å². The van der Waals surface area contributed by atoms with E-state index in [2.05, 4.69) is 52.1 Å². The van der Waals surface area contributed by atoms with E-state index in [4.69, 9.17) is 0 Å². The highest BCUT2D eigenvalue weighted by molar-refractivity contribution is 5.80. The third-order valence-electron chi connectivity index (χ3n) is 3.87. The van der Waals surface area contributed by atoms with E-state index < -0.39 is 6.10 Å². The molecule has 2 N–H and O–H groups in total. The number of hydrogen-bond donors (Lipinski definition) is 2. The highest BCUT2D eigenvalue weighted by Gasteiger charge is 2.24. The first-order valence-corrected chi connectivity index (χ1v) is 6.70. The van der Waals surface area contributed by atoms with Crippen molar-refractivity contribution in [3.63, 3.8) is 0 Å². The highest BCUT2D eigenvalue weighted by atomic mass is 16.3. The molecule has 0 aliphatic carbocycles. The molecule has 0 saturated heterocycles. The van der Waals surface area contributed by atoms with Gasteiger partial charge in [-0.15, -0.1) is 0 Å². The summed E-state index contributed by atoms with van der Waals surface area (Å²) in [5.41, 5.74) is 4.93. The second kappa shape index (κ2) is 5.74. The van der Waals surface area contributed by atoms with Crippen molar-refractivity contribution in [2.75, 3.05) is 6.54 Å². The zero-order valence-corrected chi connectivity index (χ0v) is 12.8. The number of aryl methyl sites for hydroxylation is 1. The van der Waals surface area contributed by atoms with E-state index in [-0.39, 0.29) is 11.3 Å². The summed E-state index contributed by atoms with van der Waals surface area (Å²) in [6, 6.07) is 4.25. The molecule has 3 heteroatoms. The summed E-state index contributed by atoms with van der Waals surface area (Å²) < 4.78 is 0. The molecule has 19 heavy (non-hydrogen) atoms. The molecule has 1 amide bonds. The Labute approximate surface area is 116 Å². The van der Waals surface area contributed by atoms with E-state index in [1.54, 1.807) is 0 Å². The summed E-state index contributed by atoms with van der Waals surface area (Å²) in [6.45, 7) is 12.5. The molecular weight excluding hydrogens is 238 g/mol. The minimum absolute atomic E-state index is 0.160. The Balaban J connectivity index is 2.95. The molecule has 0 spiro atoms. The summed E-state index contributed by atoms with van der Waals surface area (Å²) in [7, 11) is 0. The van der Waals surface area contributed by atoms with Crippen LogP contribution in [0.2, 0.25) is 0 Å². The summed E-state index contributed by atoms with van der Waals surface area (Å²) in [4.78, 5) is 11.5. The van der Waals surface area contributed by atoms with Gasteiger partial charge in [-0.05, 0) is 49.9 Å². The average Bonchev–Trinajstić information content (AvgIpc) is 2.32. The van der Waals surface area contributed by atoms with Crippen molar-refractivity contribution >= 4 is 5.91 Å². The van der Waals surface area contributed by atoms with E-state index in [1.165, 1.54) is 29.2 Å². The second-order valence-electron chi connectivity index (χ2n) is 5.96. The van der Waals surface area contributed by atoms with E-state index in [0.29, 0.717) is 6.54 Å². The maximum Gasteiger partial charge on any atom is 0.248 e. The molecule has 0 aromatic heterocycles. The van der Waals surface area contributed by atoms with Crippen LogP contribution in [0.15, 0.2) is 12.1 Å².